The van der Waals surface area contributed by atoms with E-state index < -0.39 is 5.91 Å². The number of nitrogens with zero attached hydrogens (tertiary/aromatic N) is 4. The van der Waals surface area contributed by atoms with Gasteiger partial charge in [0, 0.05) is 31.0 Å². The minimum atomic E-state index is -0.405. The van der Waals surface area contributed by atoms with Gasteiger partial charge in [-0.05, 0) is 24.5 Å². The fourth-order valence-corrected chi connectivity index (χ4v) is 3.07. The number of carbonyl (C=O) groups is 1. The van der Waals surface area contributed by atoms with Crippen molar-refractivity contribution in [2.45, 2.75) is 36.2 Å². The highest BCUT2D eigenvalue weighted by molar-refractivity contribution is 7.98. The minimum Gasteiger partial charge on any atom is -0.368 e. The van der Waals surface area contributed by atoms with Crippen molar-refractivity contribution in [2.75, 3.05) is 0 Å². The lowest BCUT2D eigenvalue weighted by Crippen LogP contribution is -2.20. The fourth-order valence-electron chi connectivity index (χ4n) is 2.18. The highest BCUT2D eigenvalue weighted by atomic mass is 32.2. The highest BCUT2D eigenvalue weighted by Crippen LogP contribution is 2.40. The molecular formula is C14H17N5O2S. The van der Waals surface area contributed by atoms with Gasteiger partial charge in [0.25, 0.3) is 5.56 Å². The number of aromatic nitrogens is 4. The molecule has 1 aliphatic rings. The summed E-state index contributed by atoms with van der Waals surface area (Å²) in [6, 6.07) is 3.49. The SMILES string of the molecule is Cn1ccc(CSc2nnc(C3CC3)n2CC(N)=O)cc1=O. The molecule has 22 heavy (non-hydrogen) atoms. The fraction of sp³-hybridized carbons (Fsp3) is 0.429. The van der Waals surface area contributed by atoms with Gasteiger partial charge in [-0.25, -0.2) is 0 Å². The second kappa shape index (κ2) is 5.96. The summed E-state index contributed by atoms with van der Waals surface area (Å²) in [5, 5.41) is 9.03. The first-order valence-corrected chi connectivity index (χ1v) is 8.03. The Labute approximate surface area is 131 Å². The lowest BCUT2D eigenvalue weighted by molar-refractivity contribution is -0.118. The van der Waals surface area contributed by atoms with Crippen molar-refractivity contribution in [1.82, 2.24) is 19.3 Å². The van der Waals surface area contributed by atoms with E-state index in [0.717, 1.165) is 24.2 Å². The molecule has 0 aromatic carbocycles. The zero-order valence-electron chi connectivity index (χ0n) is 12.2. The van der Waals surface area contributed by atoms with Gasteiger partial charge in [0.15, 0.2) is 5.16 Å². The third-order valence-electron chi connectivity index (χ3n) is 3.54. The van der Waals surface area contributed by atoms with Crippen molar-refractivity contribution in [3.05, 3.63) is 40.1 Å². The Balaban J connectivity index is 1.78. The topological polar surface area (TPSA) is 95.8 Å². The summed E-state index contributed by atoms with van der Waals surface area (Å²) in [5.41, 5.74) is 6.18. The normalized spacial score (nSPS) is 14.2. The molecular weight excluding hydrogens is 302 g/mol. The van der Waals surface area contributed by atoms with E-state index >= 15 is 0 Å². The van der Waals surface area contributed by atoms with E-state index in [0.29, 0.717) is 16.8 Å². The lowest BCUT2D eigenvalue weighted by atomic mass is 10.3. The zero-order chi connectivity index (χ0) is 15.7. The van der Waals surface area contributed by atoms with Gasteiger partial charge in [0.2, 0.25) is 5.91 Å². The van der Waals surface area contributed by atoms with E-state index in [-0.39, 0.29) is 12.1 Å². The van der Waals surface area contributed by atoms with Gasteiger partial charge in [-0.15, -0.1) is 10.2 Å². The van der Waals surface area contributed by atoms with Gasteiger partial charge in [-0.1, -0.05) is 11.8 Å². The quantitative estimate of drug-likeness (QED) is 0.788. The van der Waals surface area contributed by atoms with Crippen LogP contribution in [0.1, 0.15) is 30.1 Å². The van der Waals surface area contributed by atoms with Crippen molar-refractivity contribution in [1.29, 1.82) is 0 Å². The molecule has 1 fully saturated rings. The van der Waals surface area contributed by atoms with Crippen LogP contribution in [0.4, 0.5) is 0 Å². The number of primary amides is 1. The maximum atomic E-state index is 11.6. The third kappa shape index (κ3) is 3.22. The average molecular weight is 319 g/mol. The molecule has 2 heterocycles. The predicted molar refractivity (Wildman–Crippen MR) is 82.4 cm³/mol. The van der Waals surface area contributed by atoms with E-state index in [1.165, 1.54) is 16.3 Å². The van der Waals surface area contributed by atoms with Crippen LogP contribution in [0.3, 0.4) is 0 Å². The number of aryl methyl sites for hydroxylation is 1. The maximum absolute atomic E-state index is 11.6. The van der Waals surface area contributed by atoms with Crippen LogP contribution in [0.25, 0.3) is 0 Å². The highest BCUT2D eigenvalue weighted by Gasteiger charge is 2.30. The molecule has 0 atom stereocenters. The van der Waals surface area contributed by atoms with Crippen LogP contribution in [0.5, 0.6) is 0 Å². The van der Waals surface area contributed by atoms with Crippen LogP contribution in [0.15, 0.2) is 28.3 Å². The number of hydrogen-bond donors (Lipinski definition) is 1. The third-order valence-corrected chi connectivity index (χ3v) is 4.58. The number of pyridine rings is 1. The summed E-state index contributed by atoms with van der Waals surface area (Å²) < 4.78 is 3.32. The maximum Gasteiger partial charge on any atom is 0.250 e. The number of amides is 1. The molecule has 116 valence electrons. The largest absolute Gasteiger partial charge is 0.368 e. The van der Waals surface area contributed by atoms with Gasteiger partial charge in [0.05, 0.1) is 0 Å². The number of rotatable bonds is 6. The standard InChI is InChI=1S/C14H17N5O2S/c1-18-5-4-9(6-12(18)21)8-22-14-17-16-13(10-2-3-10)19(14)7-11(15)20/h4-6,10H,2-3,7-8H2,1H3,(H2,15,20). The number of hydrogen-bond acceptors (Lipinski definition) is 5. The number of thioether (sulfide) groups is 1. The van der Waals surface area contributed by atoms with E-state index in [9.17, 15) is 9.59 Å². The van der Waals surface area contributed by atoms with Crippen LogP contribution < -0.4 is 11.3 Å². The van der Waals surface area contributed by atoms with Crippen LogP contribution in [-0.2, 0) is 24.1 Å². The molecule has 7 nitrogen and oxygen atoms in total. The van der Waals surface area contributed by atoms with Crippen LogP contribution in [0.2, 0.25) is 0 Å². The Morgan fingerprint density at radius 2 is 2.23 bits per heavy atom. The van der Waals surface area contributed by atoms with Crippen molar-refractivity contribution in [2.24, 2.45) is 12.8 Å². The Kier molecular flexibility index (Phi) is 4.02. The van der Waals surface area contributed by atoms with E-state index in [4.69, 9.17) is 5.73 Å². The first kappa shape index (κ1) is 14.8. The summed E-state index contributed by atoms with van der Waals surface area (Å²) in [4.78, 5) is 22.9. The Bertz CT molecular complexity index is 763. The van der Waals surface area contributed by atoms with Crippen LogP contribution in [0, 0.1) is 0 Å². The minimum absolute atomic E-state index is 0.0460. The second-order valence-electron chi connectivity index (χ2n) is 5.44. The first-order valence-electron chi connectivity index (χ1n) is 7.04. The molecule has 0 radical (unpaired) electrons. The average Bonchev–Trinajstić information content (AvgIpc) is 3.23. The lowest BCUT2D eigenvalue weighted by Gasteiger charge is -2.07. The molecule has 1 aliphatic carbocycles. The molecule has 3 rings (SSSR count). The van der Waals surface area contributed by atoms with Gasteiger partial charge in [-0.2, -0.15) is 0 Å². The Hall–Kier alpha value is -2.09. The second-order valence-corrected chi connectivity index (χ2v) is 6.38. The molecule has 2 N–H and O–H groups in total. The van der Waals surface area contributed by atoms with Crippen molar-refractivity contribution < 1.29 is 4.79 Å². The molecule has 0 unspecified atom stereocenters. The number of nitrogens with two attached hydrogens (primary N) is 1. The van der Waals surface area contributed by atoms with Crippen molar-refractivity contribution >= 4 is 17.7 Å². The molecule has 0 saturated heterocycles. The molecule has 0 aliphatic heterocycles. The molecule has 1 amide bonds. The summed E-state index contributed by atoms with van der Waals surface area (Å²) in [7, 11) is 1.71. The van der Waals surface area contributed by atoms with Gasteiger partial charge in [-0.3, -0.25) is 14.2 Å². The molecule has 8 heteroatoms. The summed E-state index contributed by atoms with van der Waals surface area (Å²) in [6.07, 6.45) is 3.90. The number of carbonyl (C=O) groups excluding carboxylic acids is 1. The zero-order valence-corrected chi connectivity index (χ0v) is 13.0. The van der Waals surface area contributed by atoms with Gasteiger partial charge < -0.3 is 10.3 Å². The van der Waals surface area contributed by atoms with E-state index in [1.807, 2.05) is 6.07 Å². The van der Waals surface area contributed by atoms with Crippen LogP contribution >= 0.6 is 11.8 Å². The van der Waals surface area contributed by atoms with Gasteiger partial charge in [0.1, 0.15) is 12.4 Å². The summed E-state index contributed by atoms with van der Waals surface area (Å²) in [5.74, 6) is 1.42. The van der Waals surface area contributed by atoms with E-state index in [2.05, 4.69) is 10.2 Å². The smallest absolute Gasteiger partial charge is 0.250 e. The Morgan fingerprint density at radius 1 is 1.45 bits per heavy atom. The molecule has 2 aromatic rings. The van der Waals surface area contributed by atoms with Crippen molar-refractivity contribution in [3.63, 3.8) is 0 Å². The summed E-state index contributed by atoms with van der Waals surface area (Å²) >= 11 is 1.46. The molecule has 0 spiro atoms. The summed E-state index contributed by atoms with van der Waals surface area (Å²) in [6.45, 7) is 0.0950. The molecule has 2 aromatic heterocycles. The predicted octanol–water partition coefficient (Wildman–Crippen LogP) is 0.632. The molecule has 1 saturated carbocycles. The first-order chi connectivity index (χ1) is 10.5. The molecule has 0 bridgehead atoms. The van der Waals surface area contributed by atoms with Gasteiger partial charge >= 0.3 is 0 Å². The van der Waals surface area contributed by atoms with E-state index in [1.54, 1.807) is 23.9 Å². The monoisotopic (exact) mass is 319 g/mol. The Morgan fingerprint density at radius 3 is 2.86 bits per heavy atom. The van der Waals surface area contributed by atoms with Crippen molar-refractivity contribution in [3.8, 4) is 0 Å². The van der Waals surface area contributed by atoms with Crippen LogP contribution in [-0.4, -0.2) is 25.2 Å².